The normalized spacial score (nSPS) is 44.4. The van der Waals surface area contributed by atoms with Gasteiger partial charge in [-0.25, -0.2) is 13.6 Å². The van der Waals surface area contributed by atoms with Gasteiger partial charge in [0.1, 0.15) is 17.6 Å². The SMILES string of the molecule is CC1C[C@H]2[C@@H]3CC(F)C4=CC(=O)C=C(O)[C@]4(C)C3(F)CC[C@]2(C)C1(OC(=O)c1ccco1)C(O)=S. The average Bonchev–Trinajstić information content (AvgIpc) is 3.39. The number of furan rings is 1. The molecule has 35 heavy (non-hydrogen) atoms. The summed E-state index contributed by atoms with van der Waals surface area (Å²) in [6, 6.07) is 2.97. The first-order valence-electron chi connectivity index (χ1n) is 11.8. The Labute approximate surface area is 207 Å². The lowest BCUT2D eigenvalue weighted by Crippen LogP contribution is -2.66. The molecule has 0 radical (unpaired) electrons. The van der Waals surface area contributed by atoms with Gasteiger partial charge in [-0.15, -0.1) is 0 Å². The van der Waals surface area contributed by atoms with Crippen LogP contribution in [0, 0.1) is 28.6 Å². The third kappa shape index (κ3) is 2.81. The van der Waals surface area contributed by atoms with E-state index >= 15 is 8.78 Å². The number of carbonyl (C=O) groups is 2. The molecule has 1 aromatic rings. The zero-order valence-corrected chi connectivity index (χ0v) is 20.5. The molecule has 0 bridgehead atoms. The second-order valence-electron chi connectivity index (χ2n) is 10.9. The Morgan fingerprint density at radius 1 is 1.23 bits per heavy atom. The highest BCUT2D eigenvalue weighted by molar-refractivity contribution is 7.80. The molecule has 0 spiro atoms. The summed E-state index contributed by atoms with van der Waals surface area (Å²) in [6.45, 7) is 5.04. The third-order valence-electron chi connectivity index (χ3n) is 9.64. The number of aliphatic hydroxyl groups is 2. The number of fused-ring (bicyclic) bond motifs is 5. The Kier molecular flexibility index (Phi) is 5.16. The molecule has 1 heterocycles. The van der Waals surface area contributed by atoms with E-state index in [0.29, 0.717) is 6.42 Å². The summed E-state index contributed by atoms with van der Waals surface area (Å²) in [4.78, 5) is 25.0. The van der Waals surface area contributed by atoms with Crippen molar-refractivity contribution in [2.75, 3.05) is 0 Å². The molecule has 0 saturated heterocycles. The molecule has 5 rings (SSSR count). The van der Waals surface area contributed by atoms with E-state index in [4.69, 9.17) is 21.4 Å². The Bertz CT molecular complexity index is 1180. The van der Waals surface area contributed by atoms with Gasteiger partial charge in [0.15, 0.2) is 11.4 Å². The van der Waals surface area contributed by atoms with E-state index in [-0.39, 0.29) is 30.6 Å². The van der Waals surface area contributed by atoms with Crippen molar-refractivity contribution in [1.82, 2.24) is 0 Å². The Morgan fingerprint density at radius 2 is 1.94 bits per heavy atom. The Balaban J connectivity index is 1.60. The van der Waals surface area contributed by atoms with Crippen molar-refractivity contribution in [1.29, 1.82) is 0 Å². The number of ether oxygens (including phenoxy) is 1. The minimum absolute atomic E-state index is 0.0379. The van der Waals surface area contributed by atoms with Crippen molar-refractivity contribution in [3.8, 4) is 0 Å². The van der Waals surface area contributed by atoms with Crippen LogP contribution in [-0.2, 0) is 9.53 Å². The summed E-state index contributed by atoms with van der Waals surface area (Å²) in [5, 5.41) is 21.1. The van der Waals surface area contributed by atoms with Crippen LogP contribution in [0.3, 0.4) is 0 Å². The lowest BCUT2D eigenvalue weighted by atomic mass is 9.45. The summed E-state index contributed by atoms with van der Waals surface area (Å²) in [5.74, 6) is -3.77. The molecular formula is C26H28F2O6S. The van der Waals surface area contributed by atoms with Crippen molar-refractivity contribution in [2.45, 2.75) is 63.9 Å². The fraction of sp³-hybridized carbons (Fsp3) is 0.577. The number of halogens is 2. The van der Waals surface area contributed by atoms with Crippen LogP contribution in [-0.4, -0.2) is 44.5 Å². The number of allylic oxidation sites excluding steroid dienone is 3. The van der Waals surface area contributed by atoms with Gasteiger partial charge in [0.25, 0.3) is 0 Å². The summed E-state index contributed by atoms with van der Waals surface area (Å²) >= 11 is 5.26. The molecule has 0 amide bonds. The number of hydrogen-bond acceptors (Lipinski definition) is 6. The second kappa shape index (κ2) is 7.48. The molecule has 1 aromatic heterocycles. The van der Waals surface area contributed by atoms with Crippen LogP contribution in [0.25, 0.3) is 0 Å². The van der Waals surface area contributed by atoms with Crippen LogP contribution >= 0.6 is 12.2 Å². The second-order valence-corrected chi connectivity index (χ2v) is 11.3. The van der Waals surface area contributed by atoms with Crippen molar-refractivity contribution in [3.63, 3.8) is 0 Å². The molecule has 9 heteroatoms. The highest BCUT2D eigenvalue weighted by Gasteiger charge is 2.76. The molecule has 0 aromatic carbocycles. The first kappa shape index (κ1) is 24.2. The van der Waals surface area contributed by atoms with Crippen molar-refractivity contribution in [2.24, 2.45) is 28.6 Å². The number of thiocarbonyl (C=S) groups is 1. The lowest BCUT2D eigenvalue weighted by molar-refractivity contribution is -0.169. The number of hydrogen-bond donors (Lipinski definition) is 2. The standard InChI is InChI=1S/C26H28F2O6S/c1-13-9-15-16-12-18(27)17-10-14(29)11-20(30)24(17,3)25(16,28)7-6-23(15,2)26(13,22(32)35)34-21(31)19-5-4-8-33-19/h4-5,8,10-11,13,15-16,18,30H,6-7,9,12H2,1-3H3,(H,32,35)/t13?,15-,16-,18?,23-,24+,25?,26?/m0/s1. The van der Waals surface area contributed by atoms with Gasteiger partial charge in [0.2, 0.25) is 10.8 Å². The fourth-order valence-electron chi connectivity index (χ4n) is 7.82. The van der Waals surface area contributed by atoms with Gasteiger partial charge >= 0.3 is 5.97 Å². The summed E-state index contributed by atoms with van der Waals surface area (Å²) in [7, 11) is 0. The highest BCUT2D eigenvalue weighted by Crippen LogP contribution is 2.72. The van der Waals surface area contributed by atoms with Gasteiger partial charge in [-0.3, -0.25) is 4.79 Å². The number of aliphatic hydroxyl groups excluding tert-OH is 2. The number of esters is 1. The smallest absolute Gasteiger partial charge is 0.375 e. The predicted molar refractivity (Wildman–Crippen MR) is 125 cm³/mol. The van der Waals surface area contributed by atoms with E-state index in [9.17, 15) is 19.8 Å². The molecule has 4 aliphatic carbocycles. The molecule has 188 valence electrons. The lowest BCUT2D eigenvalue weighted by Gasteiger charge is -2.61. The van der Waals surface area contributed by atoms with Gasteiger partial charge in [0, 0.05) is 23.3 Å². The van der Waals surface area contributed by atoms with E-state index in [1.54, 1.807) is 13.8 Å². The van der Waals surface area contributed by atoms with Gasteiger partial charge in [-0.05, 0) is 74.5 Å². The molecular weight excluding hydrogens is 478 g/mol. The first-order chi connectivity index (χ1) is 16.3. The van der Waals surface area contributed by atoms with E-state index in [1.807, 2.05) is 0 Å². The van der Waals surface area contributed by atoms with Gasteiger partial charge in [-0.1, -0.05) is 13.8 Å². The molecule has 8 atom stereocenters. The Morgan fingerprint density at radius 3 is 2.57 bits per heavy atom. The first-order valence-corrected chi connectivity index (χ1v) is 12.2. The fourth-order valence-corrected chi connectivity index (χ4v) is 8.30. The van der Waals surface area contributed by atoms with Gasteiger partial charge in [0.05, 0.1) is 11.7 Å². The molecule has 6 nitrogen and oxygen atoms in total. The molecule has 4 unspecified atom stereocenters. The van der Waals surface area contributed by atoms with Crippen molar-refractivity contribution in [3.05, 3.63) is 47.6 Å². The van der Waals surface area contributed by atoms with Crippen LogP contribution in [0.4, 0.5) is 8.78 Å². The van der Waals surface area contributed by atoms with E-state index < -0.39 is 68.6 Å². The number of rotatable bonds is 3. The number of alkyl halides is 2. The van der Waals surface area contributed by atoms with Gasteiger partial charge < -0.3 is 19.4 Å². The van der Waals surface area contributed by atoms with E-state index in [2.05, 4.69) is 0 Å². The third-order valence-corrected chi connectivity index (χ3v) is 9.94. The van der Waals surface area contributed by atoms with Crippen LogP contribution in [0.15, 0.2) is 46.3 Å². The molecule has 2 N–H and O–H groups in total. The topological polar surface area (TPSA) is 97.0 Å². The monoisotopic (exact) mass is 506 g/mol. The van der Waals surface area contributed by atoms with Crippen LogP contribution < -0.4 is 0 Å². The van der Waals surface area contributed by atoms with Crippen LogP contribution in [0.2, 0.25) is 0 Å². The molecule has 4 aliphatic rings. The minimum atomic E-state index is -2.05. The maximum Gasteiger partial charge on any atom is 0.375 e. The maximum absolute atomic E-state index is 17.2. The van der Waals surface area contributed by atoms with Crippen LogP contribution in [0.1, 0.15) is 57.0 Å². The summed E-state index contributed by atoms with van der Waals surface area (Å²) < 4.78 is 43.9. The maximum atomic E-state index is 17.2. The molecule has 0 aliphatic heterocycles. The minimum Gasteiger partial charge on any atom is -0.511 e. The number of ketones is 1. The zero-order valence-electron chi connectivity index (χ0n) is 19.7. The highest BCUT2D eigenvalue weighted by atomic mass is 32.1. The molecule has 3 saturated carbocycles. The Hall–Kier alpha value is -2.55. The quantitative estimate of drug-likeness (QED) is 0.410. The molecule has 3 fully saturated rings. The van der Waals surface area contributed by atoms with E-state index in [1.165, 1.54) is 25.3 Å². The van der Waals surface area contributed by atoms with Crippen molar-refractivity contribution < 1.29 is 37.7 Å². The van der Waals surface area contributed by atoms with Gasteiger partial charge in [-0.2, -0.15) is 0 Å². The van der Waals surface area contributed by atoms with E-state index in [0.717, 1.165) is 12.2 Å². The average molecular weight is 507 g/mol. The summed E-state index contributed by atoms with van der Waals surface area (Å²) in [5.41, 5.74) is -6.39. The largest absolute Gasteiger partial charge is 0.511 e. The predicted octanol–water partition coefficient (Wildman–Crippen LogP) is 5.54. The van der Waals surface area contributed by atoms with Crippen molar-refractivity contribution >= 4 is 29.0 Å². The number of carbonyl (C=O) groups excluding carboxylic acids is 2. The van der Waals surface area contributed by atoms with Crippen LogP contribution in [0.5, 0.6) is 0 Å². The summed E-state index contributed by atoms with van der Waals surface area (Å²) in [6.07, 6.45) is 1.94. The zero-order chi connectivity index (χ0) is 25.6.